The van der Waals surface area contributed by atoms with Crippen LogP contribution in [0, 0.1) is 31.1 Å². The lowest BCUT2D eigenvalue weighted by molar-refractivity contribution is 0.102. The number of carbonyl (C=O) groups is 1. The van der Waals surface area contributed by atoms with Crippen molar-refractivity contribution in [3.05, 3.63) is 56.9 Å². The first-order valence-corrected chi connectivity index (χ1v) is 8.77. The summed E-state index contributed by atoms with van der Waals surface area (Å²) < 4.78 is 0. The summed E-state index contributed by atoms with van der Waals surface area (Å²) in [5, 5.41) is 12.1. The van der Waals surface area contributed by atoms with Crippen molar-refractivity contribution in [2.24, 2.45) is 10.9 Å². The number of fused-ring (bicyclic) bond motifs is 1. The summed E-state index contributed by atoms with van der Waals surface area (Å²) in [5.74, 6) is -0.0240. The Bertz CT molecular complexity index is 986. The largest absolute Gasteiger partial charge is 0.321 e. The highest BCUT2D eigenvalue weighted by Crippen LogP contribution is 2.27. The average Bonchev–Trinajstić information content (AvgIpc) is 3.02. The molecule has 0 aliphatic carbocycles. The minimum absolute atomic E-state index is 0.0453. The highest BCUT2D eigenvalue weighted by Gasteiger charge is 2.21. The van der Waals surface area contributed by atoms with Gasteiger partial charge in [0.1, 0.15) is 16.9 Å². The fraction of sp³-hybridized carbons (Fsp3) is 0.300. The van der Waals surface area contributed by atoms with Gasteiger partial charge >= 0.3 is 0 Å². The molecular formula is C20H19ClN4O. The number of aromatic nitrogens is 1. The number of halogens is 1. The topological polar surface area (TPSA) is 78.1 Å². The minimum Gasteiger partial charge on any atom is -0.321 e. The van der Waals surface area contributed by atoms with Gasteiger partial charge in [-0.3, -0.25) is 9.79 Å². The van der Waals surface area contributed by atoms with E-state index >= 15 is 0 Å². The summed E-state index contributed by atoms with van der Waals surface area (Å²) in [7, 11) is 0. The third-order valence-electron chi connectivity index (χ3n) is 4.65. The van der Waals surface area contributed by atoms with Gasteiger partial charge in [-0.05, 0) is 48.6 Å². The van der Waals surface area contributed by atoms with Crippen molar-refractivity contribution in [3.63, 3.8) is 0 Å². The molecule has 132 valence electrons. The second-order valence-corrected chi connectivity index (χ2v) is 7.03. The van der Waals surface area contributed by atoms with E-state index in [4.69, 9.17) is 16.9 Å². The lowest BCUT2D eigenvalue weighted by atomic mass is 9.97. The van der Waals surface area contributed by atoms with Crippen LogP contribution in [0.5, 0.6) is 0 Å². The Morgan fingerprint density at radius 2 is 2.04 bits per heavy atom. The summed E-state index contributed by atoms with van der Waals surface area (Å²) in [6, 6.07) is 7.83. The van der Waals surface area contributed by atoms with E-state index in [1.807, 2.05) is 24.3 Å². The number of nitrogens with zero attached hydrogens (tertiary/aromatic N) is 3. The van der Waals surface area contributed by atoms with Crippen LogP contribution in [0.1, 0.15) is 52.2 Å². The molecule has 1 aromatic carbocycles. The normalized spacial score (nSPS) is 12.6. The van der Waals surface area contributed by atoms with Crippen LogP contribution in [0.25, 0.3) is 0 Å². The molecule has 5 nitrogen and oxygen atoms in total. The number of hydrogen-bond acceptors (Lipinski definition) is 4. The van der Waals surface area contributed by atoms with E-state index in [0.29, 0.717) is 34.8 Å². The Morgan fingerprint density at radius 3 is 2.69 bits per heavy atom. The van der Waals surface area contributed by atoms with Crippen molar-refractivity contribution in [1.29, 1.82) is 5.26 Å². The van der Waals surface area contributed by atoms with E-state index in [2.05, 4.69) is 29.1 Å². The molecule has 2 aromatic rings. The van der Waals surface area contributed by atoms with E-state index in [1.165, 1.54) is 5.56 Å². The van der Waals surface area contributed by atoms with E-state index in [-0.39, 0.29) is 16.8 Å². The number of hydrogen-bond donors (Lipinski definition) is 1. The first kappa shape index (κ1) is 18.1. The van der Waals surface area contributed by atoms with E-state index < -0.39 is 0 Å². The molecule has 1 aliphatic heterocycles. The van der Waals surface area contributed by atoms with Gasteiger partial charge in [0.15, 0.2) is 0 Å². The first-order valence-electron chi connectivity index (χ1n) is 8.39. The van der Waals surface area contributed by atoms with Gasteiger partial charge in [-0.25, -0.2) is 4.98 Å². The van der Waals surface area contributed by atoms with Crippen LogP contribution in [-0.4, -0.2) is 16.6 Å². The van der Waals surface area contributed by atoms with Crippen LogP contribution in [0.15, 0.2) is 23.2 Å². The van der Waals surface area contributed by atoms with Gasteiger partial charge < -0.3 is 5.32 Å². The zero-order valence-electron chi connectivity index (χ0n) is 15.1. The maximum Gasteiger partial charge on any atom is 0.274 e. The summed E-state index contributed by atoms with van der Waals surface area (Å²) in [5.41, 5.74) is 5.83. The molecule has 6 heteroatoms. The van der Waals surface area contributed by atoms with Crippen molar-refractivity contribution in [2.75, 3.05) is 5.32 Å². The maximum atomic E-state index is 12.7. The molecule has 0 atom stereocenters. The fourth-order valence-electron chi connectivity index (χ4n) is 3.08. The smallest absolute Gasteiger partial charge is 0.274 e. The number of benzene rings is 1. The van der Waals surface area contributed by atoms with Crippen LogP contribution in [0.2, 0.25) is 5.15 Å². The molecule has 0 fully saturated rings. The number of aliphatic imine (C=N–C) groups is 1. The van der Waals surface area contributed by atoms with E-state index in [0.717, 1.165) is 11.3 Å². The van der Waals surface area contributed by atoms with E-state index in [1.54, 1.807) is 13.8 Å². The van der Waals surface area contributed by atoms with Gasteiger partial charge in [-0.1, -0.05) is 31.5 Å². The summed E-state index contributed by atoms with van der Waals surface area (Å²) >= 11 is 6.06. The molecule has 0 spiro atoms. The van der Waals surface area contributed by atoms with Gasteiger partial charge in [-0.15, -0.1) is 0 Å². The molecule has 2 heterocycles. The predicted octanol–water partition coefficient (Wildman–Crippen LogP) is 4.43. The Hall–Kier alpha value is -2.71. The van der Waals surface area contributed by atoms with Crippen molar-refractivity contribution >= 4 is 28.9 Å². The van der Waals surface area contributed by atoms with Crippen molar-refractivity contribution < 1.29 is 4.79 Å². The highest BCUT2D eigenvalue weighted by atomic mass is 35.5. The zero-order chi connectivity index (χ0) is 19.0. The quantitative estimate of drug-likeness (QED) is 0.816. The van der Waals surface area contributed by atoms with Gasteiger partial charge in [0.05, 0.1) is 12.1 Å². The standard InChI is InChI=1S/C20H19ClN4O/c1-10(2)17-15-7-14(6-5-13(15)9-23-17)24-20(26)18-12(4)11(3)16(8-22)19(21)25-18/h5-7,10H,9H2,1-4H3,(H,24,26). The number of anilines is 1. The number of amides is 1. The summed E-state index contributed by atoms with van der Waals surface area (Å²) in [4.78, 5) is 21.4. The molecule has 1 aliphatic rings. The Balaban J connectivity index is 1.92. The average molecular weight is 367 g/mol. The van der Waals surface area contributed by atoms with Gasteiger partial charge in [-0.2, -0.15) is 5.26 Å². The highest BCUT2D eigenvalue weighted by molar-refractivity contribution is 6.31. The maximum absolute atomic E-state index is 12.7. The molecule has 3 rings (SSSR count). The molecule has 0 bridgehead atoms. The molecule has 26 heavy (non-hydrogen) atoms. The van der Waals surface area contributed by atoms with Gasteiger partial charge in [0.2, 0.25) is 0 Å². The molecule has 0 radical (unpaired) electrons. The lowest BCUT2D eigenvalue weighted by Gasteiger charge is -2.13. The number of pyridine rings is 1. The van der Waals surface area contributed by atoms with Crippen molar-refractivity contribution in [1.82, 2.24) is 4.98 Å². The number of nitrogens with one attached hydrogen (secondary N) is 1. The van der Waals surface area contributed by atoms with Crippen LogP contribution < -0.4 is 5.32 Å². The monoisotopic (exact) mass is 366 g/mol. The molecule has 1 N–H and O–H groups in total. The molecule has 0 saturated heterocycles. The predicted molar refractivity (Wildman–Crippen MR) is 103 cm³/mol. The Labute approximate surface area is 157 Å². The Morgan fingerprint density at radius 1 is 1.31 bits per heavy atom. The third kappa shape index (κ3) is 3.09. The van der Waals surface area contributed by atoms with Gasteiger partial charge in [0, 0.05) is 17.0 Å². The van der Waals surface area contributed by atoms with Crippen molar-refractivity contribution in [3.8, 4) is 6.07 Å². The molecule has 1 aromatic heterocycles. The third-order valence-corrected chi connectivity index (χ3v) is 4.92. The second-order valence-electron chi connectivity index (χ2n) is 6.67. The molecule has 0 saturated carbocycles. The number of carbonyl (C=O) groups excluding carboxylic acids is 1. The van der Waals surface area contributed by atoms with Crippen LogP contribution >= 0.6 is 11.6 Å². The fourth-order valence-corrected chi connectivity index (χ4v) is 3.35. The SMILES string of the molecule is Cc1c(C(=O)Nc2ccc3c(c2)C(C(C)C)=NC3)nc(Cl)c(C#N)c1C. The second kappa shape index (κ2) is 6.89. The number of rotatable bonds is 3. The summed E-state index contributed by atoms with van der Waals surface area (Å²) in [6.07, 6.45) is 0. The zero-order valence-corrected chi connectivity index (χ0v) is 15.9. The summed E-state index contributed by atoms with van der Waals surface area (Å²) in [6.45, 7) is 8.42. The molecule has 1 amide bonds. The first-order chi connectivity index (χ1) is 12.3. The Kier molecular flexibility index (Phi) is 4.80. The van der Waals surface area contributed by atoms with E-state index in [9.17, 15) is 4.79 Å². The minimum atomic E-state index is -0.349. The van der Waals surface area contributed by atoms with Crippen LogP contribution in [0.3, 0.4) is 0 Å². The molecular weight excluding hydrogens is 348 g/mol. The molecule has 0 unspecified atom stereocenters. The van der Waals surface area contributed by atoms with Crippen molar-refractivity contribution in [2.45, 2.75) is 34.2 Å². The number of nitriles is 1. The van der Waals surface area contributed by atoms with Gasteiger partial charge in [0.25, 0.3) is 5.91 Å². The van der Waals surface area contributed by atoms with Crippen LogP contribution in [0.4, 0.5) is 5.69 Å². The lowest BCUT2D eigenvalue weighted by Crippen LogP contribution is -2.17. The van der Waals surface area contributed by atoms with Crippen LogP contribution in [-0.2, 0) is 6.54 Å².